The average molecular weight is 392 g/mol. The van der Waals surface area contributed by atoms with E-state index >= 15 is 0 Å². The molecule has 0 aliphatic rings. The van der Waals surface area contributed by atoms with E-state index in [1.54, 1.807) is 12.3 Å². The second-order valence-corrected chi connectivity index (χ2v) is 6.33. The predicted octanol–water partition coefficient (Wildman–Crippen LogP) is 3.72. The van der Waals surface area contributed by atoms with Gasteiger partial charge in [0.25, 0.3) is 0 Å². The van der Waals surface area contributed by atoms with E-state index in [0.29, 0.717) is 17.9 Å². The molecule has 28 heavy (non-hydrogen) atoms. The van der Waals surface area contributed by atoms with E-state index in [9.17, 15) is 18.0 Å². The lowest BCUT2D eigenvalue weighted by molar-refractivity contribution is -0.187. The molecular formula is C20H19F3N2O3. The Kier molecular flexibility index (Phi) is 5.89. The largest absolute Gasteiger partial charge is 0.489 e. The number of halogens is 3. The molecule has 0 spiro atoms. The van der Waals surface area contributed by atoms with Crippen LogP contribution in [0.25, 0.3) is 10.9 Å². The molecule has 2 aromatic carbocycles. The summed E-state index contributed by atoms with van der Waals surface area (Å²) in [5.41, 5.74) is 8.23. The maximum atomic E-state index is 12.2. The van der Waals surface area contributed by atoms with Crippen LogP contribution in [0.3, 0.4) is 0 Å². The first kappa shape index (κ1) is 19.8. The molecule has 1 heterocycles. The number of aromatic amines is 1. The molecule has 0 unspecified atom stereocenters. The van der Waals surface area contributed by atoms with Gasteiger partial charge in [-0.25, -0.2) is 0 Å². The van der Waals surface area contributed by atoms with E-state index in [1.807, 2.05) is 42.5 Å². The van der Waals surface area contributed by atoms with Crippen LogP contribution in [0.1, 0.15) is 11.1 Å². The Bertz CT molecular complexity index is 939. The molecule has 0 bridgehead atoms. The van der Waals surface area contributed by atoms with Crippen molar-refractivity contribution < 1.29 is 27.4 Å². The number of hydrogen-bond donors (Lipinski definition) is 2. The van der Waals surface area contributed by atoms with Crippen LogP contribution in [0.2, 0.25) is 0 Å². The number of carbonyl (C=O) groups excluding carboxylic acids is 1. The van der Waals surface area contributed by atoms with Gasteiger partial charge in [-0.05, 0) is 29.3 Å². The van der Waals surface area contributed by atoms with Crippen LogP contribution in [-0.4, -0.2) is 29.8 Å². The highest BCUT2D eigenvalue weighted by Gasteiger charge is 2.31. The number of rotatable bonds is 7. The Morgan fingerprint density at radius 2 is 1.89 bits per heavy atom. The summed E-state index contributed by atoms with van der Waals surface area (Å²) in [5.74, 6) is -0.464. The van der Waals surface area contributed by atoms with Crippen LogP contribution in [0.4, 0.5) is 13.2 Å². The molecule has 3 aromatic rings. The number of ether oxygens (including phenoxy) is 2. The summed E-state index contributed by atoms with van der Waals surface area (Å²) in [6.45, 7) is -1.25. The SMILES string of the molecule is N[C@@H](Cc1c[nH]c2ccc(OCc3ccccc3)cc12)C(=O)OCC(F)(F)F. The lowest BCUT2D eigenvalue weighted by atomic mass is 10.1. The topological polar surface area (TPSA) is 77.3 Å². The summed E-state index contributed by atoms with van der Waals surface area (Å²) >= 11 is 0. The summed E-state index contributed by atoms with van der Waals surface area (Å²) in [6.07, 6.45) is -2.87. The van der Waals surface area contributed by atoms with Crippen molar-refractivity contribution in [2.24, 2.45) is 5.73 Å². The lowest BCUT2D eigenvalue weighted by Crippen LogP contribution is -2.36. The van der Waals surface area contributed by atoms with E-state index in [1.165, 1.54) is 0 Å². The normalized spacial score (nSPS) is 12.7. The Morgan fingerprint density at radius 3 is 2.61 bits per heavy atom. The molecule has 5 nitrogen and oxygen atoms in total. The number of alkyl halides is 3. The first-order chi connectivity index (χ1) is 13.3. The van der Waals surface area contributed by atoms with Gasteiger partial charge in [0, 0.05) is 23.5 Å². The summed E-state index contributed by atoms with van der Waals surface area (Å²) in [7, 11) is 0. The molecular weight excluding hydrogens is 373 g/mol. The van der Waals surface area contributed by atoms with E-state index in [2.05, 4.69) is 9.72 Å². The number of nitrogens with two attached hydrogens (primary N) is 1. The summed E-state index contributed by atoms with van der Waals surface area (Å²) in [5, 5.41) is 0.782. The number of fused-ring (bicyclic) bond motifs is 1. The van der Waals surface area contributed by atoms with E-state index in [-0.39, 0.29) is 6.42 Å². The highest BCUT2D eigenvalue weighted by atomic mass is 19.4. The third-order valence-electron chi connectivity index (χ3n) is 4.11. The van der Waals surface area contributed by atoms with Crippen molar-refractivity contribution in [1.29, 1.82) is 0 Å². The van der Waals surface area contributed by atoms with E-state index in [0.717, 1.165) is 16.5 Å². The Balaban J connectivity index is 1.67. The molecule has 0 amide bonds. The number of carbonyl (C=O) groups is 1. The number of esters is 1. The minimum atomic E-state index is -4.58. The summed E-state index contributed by atoms with van der Waals surface area (Å²) in [6, 6.07) is 13.9. The fourth-order valence-electron chi connectivity index (χ4n) is 2.74. The second kappa shape index (κ2) is 8.35. The van der Waals surface area contributed by atoms with Crippen LogP contribution in [0, 0.1) is 0 Å². The fourth-order valence-corrected chi connectivity index (χ4v) is 2.74. The monoisotopic (exact) mass is 392 g/mol. The standard InChI is InChI=1S/C20H19F3N2O3/c21-20(22,23)12-28-19(26)17(24)8-14-10-25-18-7-6-15(9-16(14)18)27-11-13-4-2-1-3-5-13/h1-7,9-10,17,25H,8,11-12,24H2/t17-/m0/s1. The third kappa shape index (κ3) is 5.26. The molecule has 148 valence electrons. The van der Waals surface area contributed by atoms with Gasteiger partial charge in [-0.2, -0.15) is 13.2 Å². The van der Waals surface area contributed by atoms with E-state index in [4.69, 9.17) is 10.5 Å². The molecule has 0 aliphatic heterocycles. The molecule has 0 saturated heterocycles. The van der Waals surface area contributed by atoms with E-state index < -0.39 is 24.8 Å². The van der Waals surface area contributed by atoms with Crippen molar-refractivity contribution in [2.45, 2.75) is 25.2 Å². The van der Waals surface area contributed by atoms with Gasteiger partial charge in [0.2, 0.25) is 0 Å². The minimum absolute atomic E-state index is 0.0405. The van der Waals surface area contributed by atoms with Gasteiger partial charge in [-0.15, -0.1) is 0 Å². The van der Waals surface area contributed by atoms with Crippen LogP contribution in [0.15, 0.2) is 54.7 Å². The smallest absolute Gasteiger partial charge is 0.422 e. The van der Waals surface area contributed by atoms with Crippen LogP contribution >= 0.6 is 0 Å². The second-order valence-electron chi connectivity index (χ2n) is 6.33. The van der Waals surface area contributed by atoms with Crippen LogP contribution in [-0.2, 0) is 22.6 Å². The van der Waals surface area contributed by atoms with Gasteiger partial charge in [-0.1, -0.05) is 30.3 Å². The molecule has 0 fully saturated rings. The van der Waals surface area contributed by atoms with Crippen molar-refractivity contribution >= 4 is 16.9 Å². The maximum absolute atomic E-state index is 12.2. The highest BCUT2D eigenvalue weighted by molar-refractivity contribution is 5.86. The van der Waals surface area contributed by atoms with Crippen molar-refractivity contribution in [3.05, 3.63) is 65.9 Å². The molecule has 1 aromatic heterocycles. The lowest BCUT2D eigenvalue weighted by Gasteiger charge is -2.12. The number of nitrogens with one attached hydrogen (secondary N) is 1. The van der Waals surface area contributed by atoms with Crippen LogP contribution < -0.4 is 10.5 Å². The number of H-pyrrole nitrogens is 1. The number of hydrogen-bond acceptors (Lipinski definition) is 4. The molecule has 0 saturated carbocycles. The highest BCUT2D eigenvalue weighted by Crippen LogP contribution is 2.25. The van der Waals surface area contributed by atoms with Gasteiger partial charge >= 0.3 is 12.1 Å². The average Bonchev–Trinajstić information content (AvgIpc) is 3.06. The van der Waals surface area contributed by atoms with Gasteiger partial charge in [0.15, 0.2) is 6.61 Å². The molecule has 1 atom stereocenters. The van der Waals surface area contributed by atoms with Crippen molar-refractivity contribution in [1.82, 2.24) is 4.98 Å². The molecule has 0 radical (unpaired) electrons. The van der Waals surface area contributed by atoms with Gasteiger partial charge in [0.05, 0.1) is 0 Å². The zero-order chi connectivity index (χ0) is 20.1. The fraction of sp³-hybridized carbons (Fsp3) is 0.250. The Morgan fingerprint density at radius 1 is 1.14 bits per heavy atom. The molecule has 3 rings (SSSR count). The van der Waals surface area contributed by atoms with Gasteiger partial charge < -0.3 is 20.2 Å². The quantitative estimate of drug-likeness (QED) is 0.601. The number of aromatic nitrogens is 1. The molecule has 0 aliphatic carbocycles. The molecule has 8 heteroatoms. The van der Waals surface area contributed by atoms with Gasteiger partial charge in [0.1, 0.15) is 18.4 Å². The minimum Gasteiger partial charge on any atom is -0.489 e. The van der Waals surface area contributed by atoms with Crippen LogP contribution in [0.5, 0.6) is 5.75 Å². The first-order valence-corrected chi connectivity index (χ1v) is 8.57. The maximum Gasteiger partial charge on any atom is 0.422 e. The zero-order valence-electron chi connectivity index (χ0n) is 14.8. The van der Waals surface area contributed by atoms with Crippen molar-refractivity contribution in [3.63, 3.8) is 0 Å². The van der Waals surface area contributed by atoms with Crippen molar-refractivity contribution in [3.8, 4) is 5.75 Å². The first-order valence-electron chi connectivity index (χ1n) is 8.57. The predicted molar refractivity (Wildman–Crippen MR) is 97.8 cm³/mol. The summed E-state index contributed by atoms with van der Waals surface area (Å²) in [4.78, 5) is 14.7. The Labute approximate surface area is 159 Å². The zero-order valence-corrected chi connectivity index (χ0v) is 14.8. The third-order valence-corrected chi connectivity index (χ3v) is 4.11. The summed E-state index contributed by atoms with van der Waals surface area (Å²) < 4.78 is 46.5. The number of benzene rings is 2. The molecule has 3 N–H and O–H groups in total. The van der Waals surface area contributed by atoms with Crippen molar-refractivity contribution in [2.75, 3.05) is 6.61 Å². The van der Waals surface area contributed by atoms with Gasteiger partial charge in [-0.3, -0.25) is 4.79 Å². The Hall–Kier alpha value is -3.00.